The number of hydrogen-bond acceptors (Lipinski definition) is 2. The summed E-state index contributed by atoms with van der Waals surface area (Å²) in [5.74, 6) is 0. The lowest BCUT2D eigenvalue weighted by Gasteiger charge is -2.24. The second kappa shape index (κ2) is 9.77. The smallest absolute Gasteiger partial charge is 0.0984 e. The van der Waals surface area contributed by atoms with Crippen LogP contribution in [0.2, 0.25) is 0 Å². The molecule has 0 amide bonds. The number of allylic oxidation sites excluding steroid dienone is 1. The summed E-state index contributed by atoms with van der Waals surface area (Å²) in [6.45, 7) is 6.10. The van der Waals surface area contributed by atoms with Crippen molar-refractivity contribution in [2.24, 2.45) is 5.10 Å². The lowest BCUT2D eigenvalue weighted by molar-refractivity contribution is 0.883. The number of benzene rings is 4. The lowest BCUT2D eigenvalue weighted by atomic mass is 10.00. The van der Waals surface area contributed by atoms with Gasteiger partial charge in [0, 0.05) is 16.3 Å². The van der Waals surface area contributed by atoms with Gasteiger partial charge in [0.1, 0.15) is 0 Å². The molecule has 4 aromatic carbocycles. The average Bonchev–Trinajstić information content (AvgIpc) is 2.86. The van der Waals surface area contributed by atoms with Gasteiger partial charge in [0.2, 0.25) is 0 Å². The number of hydrazone groups is 1. The van der Waals surface area contributed by atoms with Gasteiger partial charge < -0.3 is 0 Å². The van der Waals surface area contributed by atoms with Gasteiger partial charge >= 0.3 is 0 Å². The minimum Gasteiger partial charge on any atom is -0.233 e. The molecule has 0 radical (unpaired) electrons. The van der Waals surface area contributed by atoms with Crippen LogP contribution in [0.5, 0.6) is 0 Å². The fraction of sp³-hybridized carbons (Fsp3) is 0.0690. The fourth-order valence-corrected chi connectivity index (χ4v) is 3.68. The predicted molar refractivity (Wildman–Crippen MR) is 141 cm³/mol. The Kier molecular flexibility index (Phi) is 6.63. The van der Waals surface area contributed by atoms with E-state index < -0.39 is 0 Å². The number of nitrogens with zero attached hydrogens (tertiary/aromatic N) is 2. The molecular formula is C29H27N2P. The van der Waals surface area contributed by atoms with Crippen molar-refractivity contribution in [1.82, 2.24) is 0 Å². The monoisotopic (exact) mass is 434 g/mol. The second-order valence-corrected chi connectivity index (χ2v) is 9.06. The summed E-state index contributed by atoms with van der Waals surface area (Å²) in [5.41, 5.74) is 6.24. The van der Waals surface area contributed by atoms with E-state index in [1.807, 2.05) is 65.7 Å². The van der Waals surface area contributed by atoms with Crippen LogP contribution in [-0.2, 0) is 5.16 Å². The third kappa shape index (κ3) is 4.88. The van der Waals surface area contributed by atoms with Gasteiger partial charge in [-0.3, -0.25) is 0 Å². The lowest BCUT2D eigenvalue weighted by Crippen LogP contribution is -2.16. The average molecular weight is 435 g/mol. The zero-order valence-electron chi connectivity index (χ0n) is 18.2. The van der Waals surface area contributed by atoms with Crippen molar-refractivity contribution in [3.05, 3.63) is 145 Å². The predicted octanol–water partition coefficient (Wildman–Crippen LogP) is 7.55. The van der Waals surface area contributed by atoms with E-state index in [4.69, 9.17) is 5.10 Å². The number of hydrogen-bond donors (Lipinski definition) is 0. The van der Waals surface area contributed by atoms with E-state index in [-0.39, 0.29) is 5.16 Å². The van der Waals surface area contributed by atoms with Crippen LogP contribution in [0.15, 0.2) is 133 Å². The van der Waals surface area contributed by atoms with Crippen molar-refractivity contribution in [3.63, 3.8) is 0 Å². The maximum Gasteiger partial charge on any atom is 0.0984 e. The highest BCUT2D eigenvalue weighted by Crippen LogP contribution is 2.34. The molecule has 0 aliphatic heterocycles. The Balaban J connectivity index is 1.86. The van der Waals surface area contributed by atoms with Crippen LogP contribution in [0.4, 0.5) is 11.4 Å². The molecule has 0 aliphatic carbocycles. The van der Waals surface area contributed by atoms with Crippen molar-refractivity contribution in [2.75, 3.05) is 5.01 Å². The standard InChI is InChI=1S/C29H27N2P/c1-3-29(2,32)25-19-21-27(22-20-25)31(26-17-11-6-12-18-26)30-28(23-13-7-4-8-14-23)24-15-9-5-10-16-24/h3-22H,1,32H2,2H3. The zero-order valence-corrected chi connectivity index (χ0v) is 19.4. The normalized spacial score (nSPS) is 12.4. The third-order valence-corrected chi connectivity index (χ3v) is 6.02. The van der Waals surface area contributed by atoms with E-state index in [2.05, 4.69) is 83.4 Å². The molecule has 32 heavy (non-hydrogen) atoms. The molecule has 2 atom stereocenters. The van der Waals surface area contributed by atoms with Crippen LogP contribution in [-0.4, -0.2) is 5.71 Å². The third-order valence-electron chi connectivity index (χ3n) is 5.45. The first-order chi connectivity index (χ1) is 15.6. The molecule has 0 aliphatic rings. The molecule has 0 spiro atoms. The van der Waals surface area contributed by atoms with Crippen molar-refractivity contribution in [1.29, 1.82) is 0 Å². The van der Waals surface area contributed by atoms with Crippen molar-refractivity contribution < 1.29 is 0 Å². The minimum absolute atomic E-state index is 0.168. The van der Waals surface area contributed by atoms with Crippen molar-refractivity contribution in [2.45, 2.75) is 12.1 Å². The van der Waals surface area contributed by atoms with E-state index in [1.54, 1.807) is 0 Å². The maximum atomic E-state index is 5.19. The van der Waals surface area contributed by atoms with E-state index in [0.29, 0.717) is 0 Å². The summed E-state index contributed by atoms with van der Waals surface area (Å²) >= 11 is 0. The van der Waals surface area contributed by atoms with Crippen LogP contribution >= 0.6 is 9.24 Å². The van der Waals surface area contributed by atoms with Gasteiger partial charge in [-0.05, 0) is 36.8 Å². The molecule has 0 N–H and O–H groups in total. The number of para-hydroxylation sites is 1. The van der Waals surface area contributed by atoms with Crippen LogP contribution in [0.25, 0.3) is 0 Å². The molecule has 0 bridgehead atoms. The van der Waals surface area contributed by atoms with Crippen LogP contribution in [0, 0.1) is 0 Å². The van der Waals surface area contributed by atoms with Crippen LogP contribution in [0.1, 0.15) is 23.6 Å². The van der Waals surface area contributed by atoms with E-state index in [9.17, 15) is 0 Å². The number of rotatable bonds is 7. The Hall–Kier alpha value is -3.48. The van der Waals surface area contributed by atoms with Gasteiger partial charge in [0.05, 0.1) is 17.1 Å². The van der Waals surface area contributed by atoms with Gasteiger partial charge in [-0.1, -0.05) is 97.1 Å². The maximum absolute atomic E-state index is 5.19. The van der Waals surface area contributed by atoms with Gasteiger partial charge in [-0.25, -0.2) is 5.01 Å². The summed E-state index contributed by atoms with van der Waals surface area (Å²) < 4.78 is 0. The first-order valence-corrected chi connectivity index (χ1v) is 11.2. The first-order valence-electron chi connectivity index (χ1n) is 10.7. The molecule has 4 rings (SSSR count). The minimum atomic E-state index is -0.168. The SMILES string of the molecule is C=CC(C)(P)c1ccc(N(N=C(c2ccccc2)c2ccccc2)c2ccccc2)cc1. The topological polar surface area (TPSA) is 15.6 Å². The summed E-state index contributed by atoms with van der Waals surface area (Å²) in [6, 6.07) is 39.4. The quantitative estimate of drug-likeness (QED) is 0.127. The molecule has 0 fully saturated rings. The molecule has 3 heteroatoms. The van der Waals surface area contributed by atoms with Crippen molar-refractivity contribution in [3.8, 4) is 0 Å². The summed E-state index contributed by atoms with van der Waals surface area (Å²) in [6.07, 6.45) is 1.95. The molecule has 2 nitrogen and oxygen atoms in total. The Bertz CT molecular complexity index is 1140. The largest absolute Gasteiger partial charge is 0.233 e. The molecule has 0 aromatic heterocycles. The molecule has 0 saturated carbocycles. The highest BCUT2D eigenvalue weighted by Gasteiger charge is 2.18. The van der Waals surface area contributed by atoms with Gasteiger partial charge in [0.25, 0.3) is 0 Å². The van der Waals surface area contributed by atoms with Gasteiger partial charge in [-0.2, -0.15) is 5.10 Å². The van der Waals surface area contributed by atoms with Crippen LogP contribution < -0.4 is 5.01 Å². The molecular weight excluding hydrogens is 407 g/mol. The summed E-state index contributed by atoms with van der Waals surface area (Å²) in [5, 5.41) is 7.03. The molecule has 0 saturated heterocycles. The zero-order chi connectivity index (χ0) is 22.4. The molecule has 158 valence electrons. The van der Waals surface area contributed by atoms with E-state index in [1.165, 1.54) is 5.56 Å². The Morgan fingerprint density at radius 2 is 1.16 bits per heavy atom. The second-order valence-electron chi connectivity index (χ2n) is 7.86. The molecule has 4 aromatic rings. The van der Waals surface area contributed by atoms with Crippen molar-refractivity contribution >= 4 is 26.3 Å². The number of anilines is 2. The van der Waals surface area contributed by atoms with Gasteiger partial charge in [0.15, 0.2) is 0 Å². The molecule has 2 unspecified atom stereocenters. The molecule has 0 heterocycles. The van der Waals surface area contributed by atoms with E-state index in [0.717, 1.165) is 28.2 Å². The highest BCUT2D eigenvalue weighted by atomic mass is 31.0. The fourth-order valence-electron chi connectivity index (χ4n) is 3.49. The van der Waals surface area contributed by atoms with Crippen LogP contribution in [0.3, 0.4) is 0 Å². The Morgan fingerprint density at radius 1 is 0.719 bits per heavy atom. The van der Waals surface area contributed by atoms with Gasteiger partial charge in [-0.15, -0.1) is 15.8 Å². The van der Waals surface area contributed by atoms with E-state index >= 15 is 0 Å². The summed E-state index contributed by atoms with van der Waals surface area (Å²) in [4.78, 5) is 0. The summed E-state index contributed by atoms with van der Waals surface area (Å²) in [7, 11) is 2.87. The first kappa shape index (κ1) is 21.7. The Labute approximate surface area is 193 Å². The Morgan fingerprint density at radius 3 is 1.62 bits per heavy atom. The highest BCUT2D eigenvalue weighted by molar-refractivity contribution is 7.18.